The molecule has 0 spiro atoms. The fourth-order valence-corrected chi connectivity index (χ4v) is 3.91. The molecule has 29 heavy (non-hydrogen) atoms. The molecule has 1 aromatic heterocycles. The molecule has 2 aromatic carbocycles. The van der Waals surface area contributed by atoms with Gasteiger partial charge >= 0.3 is 0 Å². The Morgan fingerprint density at radius 3 is 2.90 bits per heavy atom. The number of phenolic OH excluding ortho intramolecular Hbond substituents is 1. The van der Waals surface area contributed by atoms with Gasteiger partial charge in [0.1, 0.15) is 17.1 Å². The van der Waals surface area contributed by atoms with Crippen molar-refractivity contribution in [3.05, 3.63) is 64.3 Å². The average molecular weight is 432 g/mol. The number of thiazole rings is 1. The van der Waals surface area contributed by atoms with Gasteiger partial charge in [0.2, 0.25) is 10.0 Å². The maximum atomic E-state index is 14.0. The zero-order chi connectivity index (χ0) is 21.0. The third-order valence-corrected chi connectivity index (χ3v) is 5.81. The van der Waals surface area contributed by atoms with E-state index in [2.05, 4.69) is 33.4 Å². The van der Waals surface area contributed by atoms with Crippen LogP contribution in [0.1, 0.15) is 16.1 Å². The Hall–Kier alpha value is -2.93. The lowest BCUT2D eigenvalue weighted by Gasteiger charge is -2.08. The van der Waals surface area contributed by atoms with Crippen LogP contribution < -0.4 is 10.0 Å². The van der Waals surface area contributed by atoms with Gasteiger partial charge in [-0.2, -0.15) is 0 Å². The van der Waals surface area contributed by atoms with Crippen molar-refractivity contribution in [3.8, 4) is 17.6 Å². The number of aromatic hydroxyl groups is 1. The summed E-state index contributed by atoms with van der Waals surface area (Å²) in [6, 6.07) is 7.65. The molecule has 3 aromatic rings. The number of sulfonamides is 1. The Morgan fingerprint density at radius 2 is 2.14 bits per heavy atom. The first-order valence-corrected chi connectivity index (χ1v) is 10.9. The quantitative estimate of drug-likeness (QED) is 0.520. The highest BCUT2D eigenvalue weighted by atomic mass is 32.2. The van der Waals surface area contributed by atoms with Crippen LogP contribution in [0.5, 0.6) is 5.75 Å². The number of hydrogen-bond donors (Lipinski definition) is 3. The van der Waals surface area contributed by atoms with E-state index in [4.69, 9.17) is 0 Å². The topological polar surface area (TPSA) is 91.3 Å². The van der Waals surface area contributed by atoms with Crippen molar-refractivity contribution < 1.29 is 17.9 Å². The second kappa shape index (κ2) is 8.61. The normalized spacial score (nSPS) is 11.1. The second-order valence-corrected chi connectivity index (χ2v) is 9.02. The minimum Gasteiger partial charge on any atom is -0.506 e. The summed E-state index contributed by atoms with van der Waals surface area (Å²) in [6.45, 7) is 5.27. The van der Waals surface area contributed by atoms with E-state index in [9.17, 15) is 17.9 Å². The zero-order valence-corrected chi connectivity index (χ0v) is 17.1. The van der Waals surface area contributed by atoms with Crippen LogP contribution in [0.2, 0.25) is 0 Å². The molecule has 0 fully saturated rings. The van der Waals surface area contributed by atoms with Gasteiger partial charge in [0.25, 0.3) is 0 Å². The van der Waals surface area contributed by atoms with Crippen molar-refractivity contribution in [2.75, 3.05) is 11.9 Å². The number of fused-ring (bicyclic) bond motifs is 1. The lowest BCUT2D eigenvalue weighted by atomic mass is 10.2. The van der Waals surface area contributed by atoms with E-state index in [0.717, 1.165) is 15.1 Å². The van der Waals surface area contributed by atoms with Crippen LogP contribution in [-0.4, -0.2) is 25.1 Å². The molecule has 3 N–H and O–H groups in total. The number of aryl methyl sites for hydroxylation is 1. The fraction of sp³-hybridized carbons (Fsp3) is 0.150. The van der Waals surface area contributed by atoms with Crippen molar-refractivity contribution in [2.24, 2.45) is 0 Å². The minimum atomic E-state index is -3.56. The summed E-state index contributed by atoms with van der Waals surface area (Å²) in [5, 5.41) is 14.6. The summed E-state index contributed by atoms with van der Waals surface area (Å²) in [5.41, 5.74) is 1.99. The Balaban J connectivity index is 1.68. The third-order valence-electron chi connectivity index (χ3n) is 3.91. The van der Waals surface area contributed by atoms with Crippen LogP contribution in [0.15, 0.2) is 42.3 Å². The zero-order valence-electron chi connectivity index (χ0n) is 15.5. The van der Waals surface area contributed by atoms with Gasteiger partial charge < -0.3 is 10.4 Å². The molecule has 0 unspecified atom stereocenters. The van der Waals surface area contributed by atoms with Crippen molar-refractivity contribution in [1.29, 1.82) is 0 Å². The van der Waals surface area contributed by atoms with E-state index in [1.807, 2.05) is 13.0 Å². The molecular formula is C20H18FN3O3S2. The van der Waals surface area contributed by atoms with Gasteiger partial charge in [-0.25, -0.2) is 22.5 Å². The summed E-state index contributed by atoms with van der Waals surface area (Å²) in [5.74, 6) is 5.41. The van der Waals surface area contributed by atoms with Gasteiger partial charge in [0.05, 0.1) is 21.9 Å². The van der Waals surface area contributed by atoms with E-state index in [0.29, 0.717) is 16.6 Å². The Bertz CT molecular complexity index is 1240. The molecule has 150 valence electrons. The molecule has 3 rings (SSSR count). The lowest BCUT2D eigenvalue weighted by Crippen LogP contribution is -2.20. The highest BCUT2D eigenvalue weighted by molar-refractivity contribution is 7.92. The summed E-state index contributed by atoms with van der Waals surface area (Å²) in [7, 11) is -3.56. The fourth-order valence-electron chi connectivity index (χ4n) is 2.54. The van der Waals surface area contributed by atoms with Crippen LogP contribution in [0.3, 0.4) is 0 Å². The largest absolute Gasteiger partial charge is 0.506 e. The van der Waals surface area contributed by atoms with Crippen LogP contribution in [0, 0.1) is 24.6 Å². The number of benzene rings is 2. The highest BCUT2D eigenvalue weighted by Gasteiger charge is 2.08. The molecule has 0 aliphatic carbocycles. The molecular weight excluding hydrogens is 413 g/mol. The van der Waals surface area contributed by atoms with Crippen LogP contribution in [-0.2, 0) is 16.6 Å². The van der Waals surface area contributed by atoms with Crippen molar-refractivity contribution in [3.63, 3.8) is 0 Å². The summed E-state index contributed by atoms with van der Waals surface area (Å²) >= 11 is 1.47. The Kier molecular flexibility index (Phi) is 6.17. The van der Waals surface area contributed by atoms with Gasteiger partial charge in [-0.05, 0) is 36.8 Å². The number of anilines is 1. The van der Waals surface area contributed by atoms with E-state index >= 15 is 0 Å². The van der Waals surface area contributed by atoms with Gasteiger partial charge in [0.15, 0.2) is 0 Å². The lowest BCUT2D eigenvalue weighted by molar-refractivity contribution is 0.480. The van der Waals surface area contributed by atoms with E-state index < -0.39 is 15.8 Å². The summed E-state index contributed by atoms with van der Waals surface area (Å²) in [4.78, 5) is 4.26. The van der Waals surface area contributed by atoms with Crippen LogP contribution in [0.4, 0.5) is 10.1 Å². The first-order chi connectivity index (χ1) is 13.8. The second-order valence-electron chi connectivity index (χ2n) is 6.08. The molecule has 0 atom stereocenters. The maximum absolute atomic E-state index is 14.0. The molecule has 0 radical (unpaired) electrons. The average Bonchev–Trinajstić information content (AvgIpc) is 3.06. The number of aromatic nitrogens is 1. The SMILES string of the molecule is C=CS(=O)(=O)NCc1ccc(F)c(NCC#Cc2cc(O)c3nc(C)sc3c2)c1. The first kappa shape index (κ1) is 20.8. The molecule has 0 saturated carbocycles. The first-order valence-electron chi connectivity index (χ1n) is 8.51. The third kappa shape index (κ3) is 5.32. The number of phenols is 1. The van der Waals surface area contributed by atoms with Crippen LogP contribution in [0.25, 0.3) is 10.2 Å². The molecule has 0 amide bonds. The van der Waals surface area contributed by atoms with Crippen molar-refractivity contribution in [1.82, 2.24) is 9.71 Å². The summed E-state index contributed by atoms with van der Waals surface area (Å²) < 4.78 is 40.0. The number of halogens is 1. The van der Waals surface area contributed by atoms with Gasteiger partial charge in [0, 0.05) is 17.5 Å². The Labute approximate surface area is 172 Å². The van der Waals surface area contributed by atoms with E-state index in [-0.39, 0.29) is 24.5 Å². The minimum absolute atomic E-state index is 0.0164. The predicted molar refractivity (Wildman–Crippen MR) is 114 cm³/mol. The summed E-state index contributed by atoms with van der Waals surface area (Å²) in [6.07, 6.45) is 0. The number of rotatable bonds is 6. The maximum Gasteiger partial charge on any atom is 0.233 e. The van der Waals surface area contributed by atoms with E-state index in [1.54, 1.807) is 6.07 Å². The molecule has 9 heteroatoms. The number of nitrogens with zero attached hydrogens (tertiary/aromatic N) is 1. The van der Waals surface area contributed by atoms with Crippen molar-refractivity contribution >= 4 is 37.3 Å². The molecule has 0 bridgehead atoms. The van der Waals surface area contributed by atoms with Gasteiger partial charge in [-0.3, -0.25) is 0 Å². The smallest absolute Gasteiger partial charge is 0.233 e. The number of hydrogen-bond acceptors (Lipinski definition) is 6. The van der Waals surface area contributed by atoms with E-state index in [1.165, 1.54) is 29.5 Å². The van der Waals surface area contributed by atoms with Gasteiger partial charge in [-0.15, -0.1) is 11.3 Å². The molecule has 0 aliphatic heterocycles. The Morgan fingerprint density at radius 1 is 1.34 bits per heavy atom. The molecule has 6 nitrogen and oxygen atoms in total. The monoisotopic (exact) mass is 431 g/mol. The van der Waals surface area contributed by atoms with Crippen molar-refractivity contribution in [2.45, 2.75) is 13.5 Å². The highest BCUT2D eigenvalue weighted by Crippen LogP contribution is 2.30. The predicted octanol–water partition coefficient (Wildman–Crippen LogP) is 3.48. The molecule has 0 saturated heterocycles. The standard InChI is InChI=1S/C20H18FN3O3S2/c1-3-29(26,27)23-12-15-6-7-16(21)17(9-15)22-8-4-5-14-10-18(25)20-19(11-14)28-13(2)24-20/h3,6-7,9-11,22-23,25H,1,8,12H2,2H3. The number of nitrogens with one attached hydrogen (secondary N) is 2. The van der Waals surface area contributed by atoms with Crippen LogP contribution >= 0.6 is 11.3 Å². The molecule has 0 aliphatic rings. The molecule has 1 heterocycles. The van der Waals surface area contributed by atoms with Gasteiger partial charge in [-0.1, -0.05) is 24.5 Å².